The Kier molecular flexibility index (Phi) is 16.1. The number of rotatable bonds is 23. The summed E-state index contributed by atoms with van der Waals surface area (Å²) < 4.78 is 27.0. The highest BCUT2D eigenvalue weighted by Gasteiger charge is 2.66. The van der Waals surface area contributed by atoms with Crippen LogP contribution in [0.3, 0.4) is 0 Å². The molecule has 5 amide bonds. The van der Waals surface area contributed by atoms with Crippen molar-refractivity contribution < 1.29 is 52.8 Å². The van der Waals surface area contributed by atoms with Crippen LogP contribution in [0.4, 0.5) is 15.7 Å². The van der Waals surface area contributed by atoms with Crippen LogP contribution in [-0.4, -0.2) is 124 Å². The van der Waals surface area contributed by atoms with Gasteiger partial charge in [0.2, 0.25) is 5.91 Å². The first-order valence-electron chi connectivity index (χ1n) is 28.3. The Balaban J connectivity index is 0.676. The lowest BCUT2D eigenvalue weighted by molar-refractivity contribution is -0.247. The van der Waals surface area contributed by atoms with Gasteiger partial charge in [-0.25, -0.2) is 19.6 Å². The van der Waals surface area contributed by atoms with E-state index in [4.69, 9.17) is 29.0 Å². The zero-order valence-corrected chi connectivity index (χ0v) is 48.0. The van der Waals surface area contributed by atoms with Crippen molar-refractivity contribution in [3.05, 3.63) is 130 Å². The number of nitrogens with one attached hydrogen (secondary N) is 3. The van der Waals surface area contributed by atoms with Gasteiger partial charge in [-0.15, -0.1) is 0 Å². The number of thiazole rings is 1. The Hall–Kier alpha value is -8.52. The van der Waals surface area contributed by atoms with Crippen LogP contribution in [0.5, 0.6) is 5.75 Å². The number of carbonyl (C=O) groups excluding carboxylic acids is 5. The van der Waals surface area contributed by atoms with E-state index in [1.807, 2.05) is 65.0 Å². The molecule has 21 nitrogen and oxygen atoms in total. The molecule has 0 saturated heterocycles. The average molecular weight is 1160 g/mol. The van der Waals surface area contributed by atoms with Gasteiger partial charge < -0.3 is 39.6 Å². The van der Waals surface area contributed by atoms with Gasteiger partial charge in [-0.3, -0.25) is 34.1 Å². The minimum atomic E-state index is -1.18. The fraction of sp³-hybridized carbons (Fsp3) is 0.419. The number of carbonyl (C=O) groups is 6. The second-order valence-corrected chi connectivity index (χ2v) is 24.6. The summed E-state index contributed by atoms with van der Waals surface area (Å²) in [6.07, 6.45) is 9.72. The molecule has 2 atom stereocenters. The number of nitrogens with zero attached hydrogens (tertiary/aromatic N) is 7. The molecule has 0 radical (unpaired) electrons. The molecule has 2 unspecified atom stereocenters. The van der Waals surface area contributed by atoms with E-state index in [-0.39, 0.29) is 92.8 Å². The van der Waals surface area contributed by atoms with E-state index in [1.165, 1.54) is 23.5 Å². The molecule has 6 aliphatic rings. The molecule has 12 rings (SSSR count). The van der Waals surface area contributed by atoms with E-state index < -0.39 is 29.5 Å². The Morgan fingerprint density at radius 2 is 1.58 bits per heavy atom. The highest BCUT2D eigenvalue weighted by atomic mass is 32.1. The number of hydrogen-bond donors (Lipinski definition) is 4. The van der Waals surface area contributed by atoms with Gasteiger partial charge in [0.05, 0.1) is 53.5 Å². The van der Waals surface area contributed by atoms with Crippen molar-refractivity contribution >= 4 is 68.2 Å². The molecule has 4 fully saturated rings. The van der Waals surface area contributed by atoms with Gasteiger partial charge in [0, 0.05) is 85.8 Å². The first-order valence-corrected chi connectivity index (χ1v) is 29.1. The van der Waals surface area contributed by atoms with E-state index in [0.29, 0.717) is 76.2 Å². The number of amides is 5. The molecule has 22 heteroatoms. The van der Waals surface area contributed by atoms with Crippen LogP contribution in [-0.2, 0) is 54.7 Å². The average Bonchev–Trinajstić information content (AvgIpc) is 1.04. The van der Waals surface area contributed by atoms with Crippen molar-refractivity contribution in [2.75, 3.05) is 62.8 Å². The fourth-order valence-electron chi connectivity index (χ4n) is 14.5. The van der Waals surface area contributed by atoms with Crippen molar-refractivity contribution in [3.63, 3.8) is 0 Å². The Morgan fingerprint density at radius 3 is 2.36 bits per heavy atom. The van der Waals surface area contributed by atoms with Gasteiger partial charge in [0.1, 0.15) is 24.8 Å². The lowest BCUT2D eigenvalue weighted by atomic mass is 9.39. The van der Waals surface area contributed by atoms with Crippen LogP contribution in [0, 0.1) is 34.5 Å². The molecular weight excluding hydrogens is 1090 g/mol. The molecule has 3 aromatic carbocycles. The molecule has 4 aliphatic carbocycles. The molecule has 6 aromatic rings. The van der Waals surface area contributed by atoms with Crippen molar-refractivity contribution in [2.45, 2.75) is 97.4 Å². The minimum Gasteiger partial charge on any atom is -0.491 e. The smallest absolute Gasteiger partial charge is 0.407 e. The number of nitriles is 1. The van der Waals surface area contributed by atoms with Crippen LogP contribution in [0.25, 0.3) is 21.3 Å². The van der Waals surface area contributed by atoms with Crippen molar-refractivity contribution in [1.29, 1.82) is 5.26 Å². The molecule has 2 aliphatic heterocycles. The number of carboxylic acids is 1. The second-order valence-electron chi connectivity index (χ2n) is 23.6. The van der Waals surface area contributed by atoms with Crippen LogP contribution >= 0.6 is 11.3 Å². The second kappa shape index (κ2) is 23.6. The number of aromatic carboxylic acids is 1. The summed E-state index contributed by atoms with van der Waals surface area (Å²) in [4.78, 5) is 87.8. The quantitative estimate of drug-likeness (QED) is 0.0348. The topological polar surface area (TPSA) is 270 Å². The Morgan fingerprint density at radius 1 is 0.821 bits per heavy atom. The van der Waals surface area contributed by atoms with Gasteiger partial charge >= 0.3 is 12.1 Å². The summed E-state index contributed by atoms with van der Waals surface area (Å²) in [5.41, 5.74) is 5.20. The molecule has 436 valence electrons. The number of fused-ring (bicyclic) bond motifs is 2. The van der Waals surface area contributed by atoms with Crippen LogP contribution in [0.2, 0.25) is 0 Å². The molecule has 4 N–H and O–H groups in total. The third-order valence-electron chi connectivity index (χ3n) is 16.9. The molecule has 0 spiro atoms. The maximum atomic E-state index is 13.9. The van der Waals surface area contributed by atoms with Gasteiger partial charge in [-0.2, -0.15) is 10.4 Å². The number of aromatic nitrogens is 4. The monoisotopic (exact) mass is 1160 g/mol. The number of carboxylic acid groups (broad SMARTS) is 1. The number of pyridine rings is 1. The first kappa shape index (κ1) is 57.3. The predicted octanol–water partition coefficient (Wildman–Crippen LogP) is 8.14. The van der Waals surface area contributed by atoms with Gasteiger partial charge in [0.25, 0.3) is 17.7 Å². The normalized spacial score (nSPS) is 22.0. The molecule has 5 heterocycles. The lowest BCUT2D eigenvalue weighted by Gasteiger charge is -2.69. The van der Waals surface area contributed by atoms with E-state index in [1.54, 1.807) is 30.5 Å². The third-order valence-corrected chi connectivity index (χ3v) is 17.8. The first-order chi connectivity index (χ1) is 40.4. The van der Waals surface area contributed by atoms with Crippen molar-refractivity contribution in [1.82, 2.24) is 35.3 Å². The Bertz CT molecular complexity index is 3590. The number of ether oxygens (including phenoxy) is 4. The number of hydrogen-bond acceptors (Lipinski definition) is 16. The molecule has 4 saturated carbocycles. The van der Waals surface area contributed by atoms with Gasteiger partial charge in [-0.1, -0.05) is 55.5 Å². The minimum absolute atomic E-state index is 0.00147. The summed E-state index contributed by atoms with van der Waals surface area (Å²) in [5, 5.41) is 34.6. The zero-order chi connectivity index (χ0) is 58.8. The molecule has 3 aromatic heterocycles. The summed E-state index contributed by atoms with van der Waals surface area (Å²) in [7, 11) is 0. The predicted molar refractivity (Wildman–Crippen MR) is 310 cm³/mol. The van der Waals surface area contributed by atoms with E-state index >= 15 is 0 Å². The van der Waals surface area contributed by atoms with Crippen molar-refractivity contribution in [3.8, 4) is 22.9 Å². The van der Waals surface area contributed by atoms with Gasteiger partial charge in [-0.05, 0) is 122 Å². The number of imide groups is 1. The summed E-state index contributed by atoms with van der Waals surface area (Å²) in [5.74, 6) is -1.70. The summed E-state index contributed by atoms with van der Waals surface area (Å²) in [6.45, 7) is 9.54. The summed E-state index contributed by atoms with van der Waals surface area (Å²) in [6, 6.07) is 24.1. The standard InChI is InChI=1S/C62H66N10O11S/c1-39-45(43-14-15-50(68-54(43)56(77)78)70-22-18-42-40(28-63)12-13-44(46(42)30-70)55(76)69-57-67-47-9-5-7-11-49(47)84-57)29-66-72(39)38-61-33-59(2)32-60(3,34-61)36-62(35-59,37-61)83-25-21-65-58(79)82-31-41-8-4-6-10-48(41)81-27-26-80-24-20-64-51(73)19-23-71-52(74)16-17-53(71)75/h4-17,29H,18-27,30-38H2,1-3H3,(H,64,73)(H,65,79)(H,77,78)(H,67,69,76). The van der Waals surface area contributed by atoms with E-state index in [9.17, 15) is 39.1 Å². The van der Waals surface area contributed by atoms with Crippen LogP contribution in [0.15, 0.2) is 91.1 Å². The SMILES string of the molecule is Cc1c(-c2ccc(N3CCc4c(C#N)ccc(C(=O)Nc5nc6ccccc6s5)c4C3)nc2C(=O)O)cnn1CC12CC3(C)CC(C)(C1)CC(OCCNC(=O)OCc1ccccc1OCCOCCNC(=O)CCN1C(=O)C=CC1=O)(C3)C2. The highest BCUT2D eigenvalue weighted by molar-refractivity contribution is 7.22. The number of benzene rings is 3. The van der Waals surface area contributed by atoms with Gasteiger partial charge in [0.15, 0.2) is 10.8 Å². The largest absolute Gasteiger partial charge is 0.491 e. The van der Waals surface area contributed by atoms with E-state index in [2.05, 4.69) is 40.9 Å². The number of para-hydroxylation sites is 2. The number of anilines is 2. The molecule has 4 bridgehead atoms. The maximum Gasteiger partial charge on any atom is 0.407 e. The zero-order valence-electron chi connectivity index (χ0n) is 47.2. The van der Waals surface area contributed by atoms with Crippen molar-refractivity contribution in [2.24, 2.45) is 16.2 Å². The fourth-order valence-corrected chi connectivity index (χ4v) is 15.4. The molecular formula is C62H66N10O11S. The third kappa shape index (κ3) is 12.3. The van der Waals surface area contributed by atoms with Crippen LogP contribution in [0.1, 0.15) is 108 Å². The van der Waals surface area contributed by atoms with E-state index in [0.717, 1.165) is 64.9 Å². The van der Waals surface area contributed by atoms with Crippen LogP contribution < -0.4 is 25.6 Å². The summed E-state index contributed by atoms with van der Waals surface area (Å²) >= 11 is 1.38. The Labute approximate surface area is 489 Å². The number of alkyl carbamates (subject to hydrolysis) is 1. The lowest BCUT2D eigenvalue weighted by Crippen LogP contribution is -2.64. The molecule has 84 heavy (non-hydrogen) atoms. The maximum absolute atomic E-state index is 13.9. The highest BCUT2D eigenvalue weighted by Crippen LogP contribution is 2.72.